The van der Waals surface area contributed by atoms with Crippen molar-refractivity contribution >= 4 is 28.6 Å². The standard InChI is InChI=1S/C15H11ClN2O3/c16-11-4-2-1-3-10(11)8-18-13-6-5-9(14(19)20)7-12(13)17-15(18)21/h1-7H,8H2,(H,17,21)(H,19,20). The molecule has 2 aromatic carbocycles. The van der Waals surface area contributed by atoms with E-state index in [1.165, 1.54) is 16.7 Å². The third-order valence-electron chi connectivity index (χ3n) is 3.31. The number of carboxylic acid groups (broad SMARTS) is 1. The van der Waals surface area contributed by atoms with Crippen molar-refractivity contribution in [3.8, 4) is 0 Å². The average Bonchev–Trinajstić information content (AvgIpc) is 2.76. The Balaban J connectivity index is 2.11. The average molecular weight is 303 g/mol. The predicted molar refractivity (Wildman–Crippen MR) is 80.1 cm³/mol. The highest BCUT2D eigenvalue weighted by molar-refractivity contribution is 6.31. The van der Waals surface area contributed by atoms with Gasteiger partial charge in [0.15, 0.2) is 0 Å². The Labute approximate surface area is 124 Å². The molecule has 3 rings (SSSR count). The van der Waals surface area contributed by atoms with E-state index in [1.807, 2.05) is 18.2 Å². The maximum Gasteiger partial charge on any atom is 0.335 e. The van der Waals surface area contributed by atoms with Crippen LogP contribution in [0.5, 0.6) is 0 Å². The maximum atomic E-state index is 12.1. The molecule has 0 spiro atoms. The fourth-order valence-electron chi connectivity index (χ4n) is 2.25. The molecule has 0 atom stereocenters. The van der Waals surface area contributed by atoms with Gasteiger partial charge in [0.1, 0.15) is 0 Å². The summed E-state index contributed by atoms with van der Waals surface area (Å²) in [6.07, 6.45) is 0. The number of aromatic nitrogens is 2. The van der Waals surface area contributed by atoms with Gasteiger partial charge in [-0.3, -0.25) is 4.57 Å². The van der Waals surface area contributed by atoms with E-state index in [9.17, 15) is 9.59 Å². The molecule has 0 aliphatic rings. The zero-order chi connectivity index (χ0) is 15.0. The van der Waals surface area contributed by atoms with Crippen molar-refractivity contribution in [2.24, 2.45) is 0 Å². The van der Waals surface area contributed by atoms with Crippen molar-refractivity contribution in [1.29, 1.82) is 0 Å². The second-order valence-electron chi connectivity index (χ2n) is 4.64. The SMILES string of the molecule is O=C(O)c1ccc2c(c1)[nH]c(=O)n2Cc1ccccc1Cl. The fraction of sp³-hybridized carbons (Fsp3) is 0.0667. The summed E-state index contributed by atoms with van der Waals surface area (Å²) < 4.78 is 1.53. The molecule has 0 saturated heterocycles. The van der Waals surface area contributed by atoms with Crippen LogP contribution in [0, 0.1) is 0 Å². The van der Waals surface area contributed by atoms with E-state index in [2.05, 4.69) is 4.98 Å². The number of aromatic carboxylic acids is 1. The lowest BCUT2D eigenvalue weighted by Gasteiger charge is -2.05. The fourth-order valence-corrected chi connectivity index (χ4v) is 2.45. The number of benzene rings is 2. The van der Waals surface area contributed by atoms with Crippen molar-refractivity contribution in [1.82, 2.24) is 9.55 Å². The van der Waals surface area contributed by atoms with Crippen molar-refractivity contribution < 1.29 is 9.90 Å². The summed E-state index contributed by atoms with van der Waals surface area (Å²) >= 11 is 6.11. The van der Waals surface area contributed by atoms with Gasteiger partial charge >= 0.3 is 11.7 Å². The number of H-pyrrole nitrogens is 1. The number of nitrogens with zero attached hydrogens (tertiary/aromatic N) is 1. The highest BCUT2D eigenvalue weighted by Crippen LogP contribution is 2.19. The first kappa shape index (κ1) is 13.5. The number of hydrogen-bond donors (Lipinski definition) is 2. The van der Waals surface area contributed by atoms with Crippen LogP contribution in [-0.2, 0) is 6.54 Å². The first-order chi connectivity index (χ1) is 10.1. The summed E-state index contributed by atoms with van der Waals surface area (Å²) in [5.41, 5.74) is 1.79. The monoisotopic (exact) mass is 302 g/mol. The topological polar surface area (TPSA) is 75.1 Å². The van der Waals surface area contributed by atoms with E-state index in [-0.39, 0.29) is 11.3 Å². The number of halogens is 1. The molecule has 0 fully saturated rings. The molecule has 1 heterocycles. The van der Waals surface area contributed by atoms with Gasteiger partial charge in [0, 0.05) is 5.02 Å². The Kier molecular flexibility index (Phi) is 3.27. The molecule has 0 saturated carbocycles. The van der Waals surface area contributed by atoms with Crippen LogP contribution in [0.1, 0.15) is 15.9 Å². The van der Waals surface area contributed by atoms with Crippen LogP contribution in [-0.4, -0.2) is 20.6 Å². The zero-order valence-electron chi connectivity index (χ0n) is 10.8. The summed E-state index contributed by atoms with van der Waals surface area (Å²) in [4.78, 5) is 25.7. The predicted octanol–water partition coefficient (Wildman–Crippen LogP) is 2.73. The molecule has 6 heteroatoms. The Morgan fingerprint density at radius 1 is 1.24 bits per heavy atom. The van der Waals surface area contributed by atoms with Gasteiger partial charge in [0.05, 0.1) is 23.1 Å². The minimum atomic E-state index is -1.03. The van der Waals surface area contributed by atoms with Gasteiger partial charge in [-0.2, -0.15) is 0 Å². The summed E-state index contributed by atoms with van der Waals surface area (Å²) in [5.74, 6) is -1.03. The minimum Gasteiger partial charge on any atom is -0.478 e. The molecule has 2 N–H and O–H groups in total. The lowest BCUT2D eigenvalue weighted by atomic mass is 10.2. The van der Waals surface area contributed by atoms with E-state index >= 15 is 0 Å². The van der Waals surface area contributed by atoms with E-state index in [4.69, 9.17) is 16.7 Å². The third kappa shape index (κ3) is 2.43. The second-order valence-corrected chi connectivity index (χ2v) is 5.05. The smallest absolute Gasteiger partial charge is 0.335 e. The van der Waals surface area contributed by atoms with Crippen LogP contribution in [0.3, 0.4) is 0 Å². The summed E-state index contributed by atoms with van der Waals surface area (Å²) in [7, 11) is 0. The minimum absolute atomic E-state index is 0.133. The number of hydrogen-bond acceptors (Lipinski definition) is 2. The van der Waals surface area contributed by atoms with Gasteiger partial charge in [-0.15, -0.1) is 0 Å². The van der Waals surface area contributed by atoms with Crippen LogP contribution < -0.4 is 5.69 Å². The largest absolute Gasteiger partial charge is 0.478 e. The molecule has 0 unspecified atom stereocenters. The molecule has 5 nitrogen and oxygen atoms in total. The summed E-state index contributed by atoms with van der Waals surface area (Å²) in [5, 5.41) is 9.56. The van der Waals surface area contributed by atoms with Crippen LogP contribution in [0.15, 0.2) is 47.3 Å². The number of rotatable bonds is 3. The van der Waals surface area contributed by atoms with Gasteiger partial charge in [-0.25, -0.2) is 9.59 Å². The van der Waals surface area contributed by atoms with Crippen molar-refractivity contribution in [2.75, 3.05) is 0 Å². The Morgan fingerprint density at radius 2 is 2.00 bits per heavy atom. The van der Waals surface area contributed by atoms with Crippen LogP contribution in [0.25, 0.3) is 11.0 Å². The number of carboxylic acids is 1. The van der Waals surface area contributed by atoms with Gasteiger partial charge in [0.2, 0.25) is 0 Å². The molecule has 3 aromatic rings. The van der Waals surface area contributed by atoms with E-state index in [1.54, 1.807) is 12.1 Å². The Hall–Kier alpha value is -2.53. The molecule has 21 heavy (non-hydrogen) atoms. The third-order valence-corrected chi connectivity index (χ3v) is 3.68. The van der Waals surface area contributed by atoms with E-state index in [0.29, 0.717) is 22.6 Å². The van der Waals surface area contributed by atoms with Crippen LogP contribution in [0.4, 0.5) is 0 Å². The molecule has 0 bridgehead atoms. The van der Waals surface area contributed by atoms with Gasteiger partial charge in [0.25, 0.3) is 0 Å². The summed E-state index contributed by atoms with van der Waals surface area (Å²) in [6, 6.07) is 11.8. The Morgan fingerprint density at radius 3 is 2.71 bits per heavy atom. The number of aromatic amines is 1. The molecular weight excluding hydrogens is 292 g/mol. The molecule has 0 amide bonds. The van der Waals surface area contributed by atoms with Gasteiger partial charge in [-0.1, -0.05) is 29.8 Å². The number of fused-ring (bicyclic) bond motifs is 1. The number of imidazole rings is 1. The lowest BCUT2D eigenvalue weighted by Crippen LogP contribution is -2.17. The van der Waals surface area contributed by atoms with Crippen LogP contribution >= 0.6 is 11.6 Å². The second kappa shape index (κ2) is 5.10. The Bertz CT molecular complexity index is 895. The first-order valence-electron chi connectivity index (χ1n) is 6.25. The van der Waals surface area contributed by atoms with Crippen molar-refractivity contribution in [3.05, 3.63) is 69.1 Å². The van der Waals surface area contributed by atoms with Crippen LogP contribution in [0.2, 0.25) is 5.02 Å². The van der Waals surface area contributed by atoms with Crippen molar-refractivity contribution in [2.45, 2.75) is 6.54 Å². The molecule has 1 aromatic heterocycles. The molecule has 0 aliphatic carbocycles. The van der Waals surface area contributed by atoms with E-state index in [0.717, 1.165) is 5.56 Å². The first-order valence-corrected chi connectivity index (χ1v) is 6.63. The normalized spacial score (nSPS) is 10.9. The highest BCUT2D eigenvalue weighted by Gasteiger charge is 2.11. The maximum absolute atomic E-state index is 12.1. The van der Waals surface area contributed by atoms with Gasteiger partial charge in [-0.05, 0) is 29.8 Å². The van der Waals surface area contributed by atoms with Gasteiger partial charge < -0.3 is 10.1 Å². The summed E-state index contributed by atoms with van der Waals surface area (Å²) in [6.45, 7) is 0.324. The molecule has 0 aliphatic heterocycles. The highest BCUT2D eigenvalue weighted by atomic mass is 35.5. The van der Waals surface area contributed by atoms with Crippen molar-refractivity contribution in [3.63, 3.8) is 0 Å². The zero-order valence-corrected chi connectivity index (χ0v) is 11.6. The quantitative estimate of drug-likeness (QED) is 0.781. The molecular formula is C15H11ClN2O3. The molecule has 106 valence electrons. The lowest BCUT2D eigenvalue weighted by molar-refractivity contribution is 0.0697. The number of carbonyl (C=O) groups is 1. The van der Waals surface area contributed by atoms with E-state index < -0.39 is 5.97 Å². The molecule has 0 radical (unpaired) electrons. The number of nitrogens with one attached hydrogen (secondary N) is 1.